The summed E-state index contributed by atoms with van der Waals surface area (Å²) in [4.78, 5) is 20.9. The summed E-state index contributed by atoms with van der Waals surface area (Å²) >= 11 is 1.26. The second kappa shape index (κ2) is 5.99. The SMILES string of the molecule is Cc1cc(C)n2nc(SC(C)C(=O)Nc3cc(C)on3)nc2n1. The van der Waals surface area contributed by atoms with Crippen LogP contribution in [0, 0.1) is 20.8 Å². The van der Waals surface area contributed by atoms with Gasteiger partial charge < -0.3 is 9.84 Å². The van der Waals surface area contributed by atoms with E-state index >= 15 is 0 Å². The smallest absolute Gasteiger partial charge is 0.253 e. The normalized spacial score (nSPS) is 12.5. The maximum atomic E-state index is 12.2. The van der Waals surface area contributed by atoms with Gasteiger partial charge >= 0.3 is 0 Å². The molecule has 120 valence electrons. The molecule has 3 heterocycles. The molecule has 0 aromatic carbocycles. The number of aromatic nitrogens is 5. The average Bonchev–Trinajstić information content (AvgIpc) is 3.05. The van der Waals surface area contributed by atoms with Gasteiger partial charge in [0, 0.05) is 17.5 Å². The van der Waals surface area contributed by atoms with Gasteiger partial charge in [0.25, 0.3) is 5.78 Å². The third kappa shape index (κ3) is 3.34. The van der Waals surface area contributed by atoms with Crippen LogP contribution in [-0.2, 0) is 4.79 Å². The summed E-state index contributed by atoms with van der Waals surface area (Å²) in [5.41, 5.74) is 1.83. The number of aryl methyl sites for hydroxylation is 3. The number of thioether (sulfide) groups is 1. The van der Waals surface area contributed by atoms with E-state index in [1.54, 1.807) is 24.4 Å². The molecule has 3 aromatic heterocycles. The zero-order valence-corrected chi connectivity index (χ0v) is 14.0. The van der Waals surface area contributed by atoms with E-state index in [1.807, 2.05) is 19.9 Å². The third-order valence-corrected chi connectivity index (χ3v) is 4.08. The lowest BCUT2D eigenvalue weighted by molar-refractivity contribution is -0.115. The largest absolute Gasteiger partial charge is 0.360 e. The Balaban J connectivity index is 1.73. The molecule has 1 N–H and O–H groups in total. The van der Waals surface area contributed by atoms with Gasteiger partial charge in [-0.3, -0.25) is 4.79 Å². The number of nitrogens with zero attached hydrogens (tertiary/aromatic N) is 5. The Labute approximate surface area is 136 Å². The highest BCUT2D eigenvalue weighted by atomic mass is 32.2. The highest BCUT2D eigenvalue weighted by molar-refractivity contribution is 8.00. The molecule has 0 fully saturated rings. The Morgan fingerprint density at radius 2 is 2.09 bits per heavy atom. The topological polar surface area (TPSA) is 98.2 Å². The molecule has 23 heavy (non-hydrogen) atoms. The number of hydrogen-bond donors (Lipinski definition) is 1. The molecule has 3 rings (SSSR count). The molecule has 8 nitrogen and oxygen atoms in total. The molecule has 0 saturated carbocycles. The Morgan fingerprint density at radius 1 is 1.30 bits per heavy atom. The minimum atomic E-state index is -0.383. The van der Waals surface area contributed by atoms with Gasteiger partial charge in [-0.05, 0) is 33.8 Å². The lowest BCUT2D eigenvalue weighted by atomic mass is 10.4. The van der Waals surface area contributed by atoms with E-state index in [2.05, 4.69) is 25.5 Å². The van der Waals surface area contributed by atoms with E-state index < -0.39 is 0 Å². The quantitative estimate of drug-likeness (QED) is 0.731. The number of hydrogen-bond acceptors (Lipinski definition) is 7. The van der Waals surface area contributed by atoms with Gasteiger partial charge in [0.15, 0.2) is 5.82 Å². The zero-order chi connectivity index (χ0) is 16.6. The van der Waals surface area contributed by atoms with Crippen LogP contribution in [0.4, 0.5) is 5.82 Å². The minimum Gasteiger partial charge on any atom is -0.360 e. The summed E-state index contributed by atoms with van der Waals surface area (Å²) in [5.74, 6) is 1.38. The Kier molecular flexibility index (Phi) is 4.03. The maximum Gasteiger partial charge on any atom is 0.253 e. The summed E-state index contributed by atoms with van der Waals surface area (Å²) in [5, 5.41) is 10.9. The van der Waals surface area contributed by atoms with Crippen molar-refractivity contribution in [3.63, 3.8) is 0 Å². The van der Waals surface area contributed by atoms with E-state index in [9.17, 15) is 4.79 Å². The predicted octanol–water partition coefficient (Wildman–Crippen LogP) is 2.16. The van der Waals surface area contributed by atoms with E-state index in [4.69, 9.17) is 4.52 Å². The van der Waals surface area contributed by atoms with Crippen LogP contribution in [0.2, 0.25) is 0 Å². The molecule has 0 aliphatic heterocycles. The first-order chi connectivity index (χ1) is 10.9. The number of carbonyl (C=O) groups is 1. The molecular weight excluding hydrogens is 316 g/mol. The molecule has 0 spiro atoms. The van der Waals surface area contributed by atoms with Crippen LogP contribution in [0.5, 0.6) is 0 Å². The van der Waals surface area contributed by atoms with E-state index in [0.717, 1.165) is 11.4 Å². The van der Waals surface area contributed by atoms with Crippen LogP contribution in [0.1, 0.15) is 24.1 Å². The fourth-order valence-electron chi connectivity index (χ4n) is 2.06. The van der Waals surface area contributed by atoms with Crippen molar-refractivity contribution in [2.75, 3.05) is 5.32 Å². The molecule has 0 saturated heterocycles. The van der Waals surface area contributed by atoms with Crippen molar-refractivity contribution >= 4 is 29.3 Å². The predicted molar refractivity (Wildman–Crippen MR) is 85.4 cm³/mol. The lowest BCUT2D eigenvalue weighted by Crippen LogP contribution is -2.22. The first kappa shape index (κ1) is 15.5. The highest BCUT2D eigenvalue weighted by Gasteiger charge is 2.19. The lowest BCUT2D eigenvalue weighted by Gasteiger charge is -2.07. The van der Waals surface area contributed by atoms with Crippen LogP contribution in [0.25, 0.3) is 5.78 Å². The van der Waals surface area contributed by atoms with Crippen LogP contribution >= 0.6 is 11.8 Å². The van der Waals surface area contributed by atoms with Crippen molar-refractivity contribution in [1.29, 1.82) is 0 Å². The molecule has 0 bridgehead atoms. The second-order valence-electron chi connectivity index (χ2n) is 5.22. The van der Waals surface area contributed by atoms with Crippen LogP contribution in [-0.4, -0.2) is 35.9 Å². The number of amides is 1. The molecule has 0 radical (unpaired) electrons. The molecule has 1 amide bonds. The van der Waals surface area contributed by atoms with Crippen molar-refractivity contribution in [2.24, 2.45) is 0 Å². The Hall–Kier alpha value is -2.42. The van der Waals surface area contributed by atoms with Crippen molar-refractivity contribution in [2.45, 2.75) is 38.1 Å². The van der Waals surface area contributed by atoms with E-state index in [1.165, 1.54) is 11.8 Å². The molecular formula is C14H16N6O2S. The van der Waals surface area contributed by atoms with Gasteiger partial charge in [0.2, 0.25) is 11.1 Å². The zero-order valence-electron chi connectivity index (χ0n) is 13.2. The summed E-state index contributed by atoms with van der Waals surface area (Å²) in [6, 6.07) is 3.59. The molecule has 1 atom stereocenters. The van der Waals surface area contributed by atoms with Crippen molar-refractivity contribution in [3.05, 3.63) is 29.3 Å². The van der Waals surface area contributed by atoms with Crippen LogP contribution in [0.15, 0.2) is 21.8 Å². The van der Waals surface area contributed by atoms with Gasteiger partial charge in [-0.1, -0.05) is 16.9 Å². The fourth-order valence-corrected chi connectivity index (χ4v) is 2.81. The fraction of sp³-hybridized carbons (Fsp3) is 0.357. The van der Waals surface area contributed by atoms with Crippen molar-refractivity contribution in [3.8, 4) is 0 Å². The number of rotatable bonds is 4. The maximum absolute atomic E-state index is 12.2. The summed E-state index contributed by atoms with van der Waals surface area (Å²) < 4.78 is 6.59. The number of carbonyl (C=O) groups excluding carboxylic acids is 1. The third-order valence-electron chi connectivity index (χ3n) is 3.13. The van der Waals surface area contributed by atoms with Crippen molar-refractivity contribution in [1.82, 2.24) is 24.7 Å². The number of nitrogens with one attached hydrogen (secondary N) is 1. The molecule has 0 aliphatic rings. The van der Waals surface area contributed by atoms with Crippen LogP contribution in [0.3, 0.4) is 0 Å². The molecule has 3 aromatic rings. The van der Waals surface area contributed by atoms with Crippen LogP contribution < -0.4 is 5.32 Å². The second-order valence-corrected chi connectivity index (χ2v) is 6.53. The number of anilines is 1. The summed E-state index contributed by atoms with van der Waals surface area (Å²) in [6.45, 7) is 7.39. The number of fused-ring (bicyclic) bond motifs is 1. The van der Waals surface area contributed by atoms with Gasteiger partial charge in [0.05, 0.1) is 5.25 Å². The standard InChI is InChI=1S/C14H16N6O2S/c1-7-5-8(2)20-13(15-7)17-14(18-20)23-10(4)12(21)16-11-6-9(3)22-19-11/h5-6,10H,1-4H3,(H,16,19,21). The van der Waals surface area contributed by atoms with Gasteiger partial charge in [-0.2, -0.15) is 4.98 Å². The molecule has 9 heteroatoms. The van der Waals surface area contributed by atoms with Crippen molar-refractivity contribution < 1.29 is 9.32 Å². The monoisotopic (exact) mass is 332 g/mol. The molecule has 0 aliphatic carbocycles. The van der Waals surface area contributed by atoms with E-state index in [-0.39, 0.29) is 11.2 Å². The minimum absolute atomic E-state index is 0.192. The highest BCUT2D eigenvalue weighted by Crippen LogP contribution is 2.22. The first-order valence-electron chi connectivity index (χ1n) is 7.04. The van der Waals surface area contributed by atoms with Gasteiger partial charge in [-0.25, -0.2) is 9.50 Å². The Bertz CT molecular complexity index is 871. The van der Waals surface area contributed by atoms with E-state index in [0.29, 0.717) is 22.5 Å². The summed E-state index contributed by atoms with van der Waals surface area (Å²) in [6.07, 6.45) is 0. The first-order valence-corrected chi connectivity index (χ1v) is 7.92. The average molecular weight is 332 g/mol. The summed E-state index contributed by atoms with van der Waals surface area (Å²) in [7, 11) is 0. The Morgan fingerprint density at radius 3 is 2.78 bits per heavy atom. The molecule has 1 unspecified atom stereocenters. The van der Waals surface area contributed by atoms with Gasteiger partial charge in [-0.15, -0.1) is 5.10 Å². The van der Waals surface area contributed by atoms with Gasteiger partial charge in [0.1, 0.15) is 5.76 Å².